The van der Waals surface area contributed by atoms with Gasteiger partial charge in [-0.05, 0) is 30.5 Å². The number of nitrogens with zero attached hydrogens (tertiary/aromatic N) is 1. The van der Waals surface area contributed by atoms with Crippen LogP contribution in [0.3, 0.4) is 0 Å². The molecule has 0 unspecified atom stereocenters. The summed E-state index contributed by atoms with van der Waals surface area (Å²) < 4.78 is 10.4. The van der Waals surface area contributed by atoms with Crippen molar-refractivity contribution in [1.82, 2.24) is 4.98 Å². The van der Waals surface area contributed by atoms with Gasteiger partial charge in [0.05, 0.1) is 18.2 Å². The van der Waals surface area contributed by atoms with Gasteiger partial charge >= 0.3 is 5.97 Å². The molecule has 0 radical (unpaired) electrons. The third kappa shape index (κ3) is 2.54. The lowest BCUT2D eigenvalue weighted by Crippen LogP contribution is -2.24. The van der Waals surface area contributed by atoms with Gasteiger partial charge in [0.1, 0.15) is 18.0 Å². The number of methoxy groups -OCH3 is 1. The first-order valence-corrected chi connectivity index (χ1v) is 8.05. The van der Waals surface area contributed by atoms with E-state index in [1.165, 1.54) is 7.11 Å². The lowest BCUT2D eigenvalue weighted by Gasteiger charge is -2.25. The van der Waals surface area contributed by atoms with Crippen LogP contribution in [0, 0.1) is 0 Å². The molecule has 1 aliphatic carbocycles. The van der Waals surface area contributed by atoms with Crippen LogP contribution in [0.25, 0.3) is 0 Å². The van der Waals surface area contributed by atoms with E-state index < -0.39 is 0 Å². The van der Waals surface area contributed by atoms with Crippen LogP contribution in [-0.2, 0) is 10.3 Å². The van der Waals surface area contributed by atoms with Crippen molar-refractivity contribution in [1.29, 1.82) is 0 Å². The molecule has 2 N–H and O–H groups in total. The second kappa shape index (κ2) is 5.70. The van der Waals surface area contributed by atoms with Gasteiger partial charge in [0, 0.05) is 18.8 Å². The number of aromatic nitrogens is 1. The molecule has 2 aromatic rings. The smallest absolute Gasteiger partial charge is 0.337 e. The van der Waals surface area contributed by atoms with Crippen molar-refractivity contribution < 1.29 is 14.3 Å². The van der Waals surface area contributed by atoms with Crippen molar-refractivity contribution in [3.05, 3.63) is 47.7 Å². The summed E-state index contributed by atoms with van der Waals surface area (Å²) >= 11 is 0. The van der Waals surface area contributed by atoms with E-state index in [-0.39, 0.29) is 11.5 Å². The molecule has 1 fully saturated rings. The number of pyridine rings is 1. The largest absolute Gasteiger partial charge is 0.489 e. The van der Waals surface area contributed by atoms with Gasteiger partial charge in [0.25, 0.3) is 0 Å². The lowest BCUT2D eigenvalue weighted by molar-refractivity contribution is 0.0600. The summed E-state index contributed by atoms with van der Waals surface area (Å²) in [6.45, 7) is 1.44. The third-order valence-electron chi connectivity index (χ3n) is 4.54. The third-order valence-corrected chi connectivity index (χ3v) is 4.54. The summed E-state index contributed by atoms with van der Waals surface area (Å²) in [4.78, 5) is 16.0. The number of benzene rings is 1. The van der Waals surface area contributed by atoms with Gasteiger partial charge in [-0.25, -0.2) is 9.78 Å². The predicted molar refractivity (Wildman–Crippen MR) is 90.5 cm³/mol. The van der Waals surface area contributed by atoms with Gasteiger partial charge in [0.15, 0.2) is 5.82 Å². The van der Waals surface area contributed by atoms with Crippen LogP contribution in [-0.4, -0.2) is 31.2 Å². The van der Waals surface area contributed by atoms with Crippen molar-refractivity contribution in [2.45, 2.75) is 18.4 Å². The van der Waals surface area contributed by atoms with Crippen LogP contribution in [0.2, 0.25) is 0 Å². The molecule has 0 spiro atoms. The predicted octanol–water partition coefficient (Wildman–Crippen LogP) is 2.77. The highest BCUT2D eigenvalue weighted by molar-refractivity contribution is 5.89. The van der Waals surface area contributed by atoms with Gasteiger partial charge in [-0.3, -0.25) is 0 Å². The first-order valence-electron chi connectivity index (χ1n) is 8.05. The quantitative estimate of drug-likeness (QED) is 0.842. The normalized spacial score (nSPS) is 17.0. The summed E-state index contributed by atoms with van der Waals surface area (Å²) in [5, 5.41) is 6.92. The Hall–Kier alpha value is -2.76. The van der Waals surface area contributed by atoms with Gasteiger partial charge < -0.3 is 20.1 Å². The maximum Gasteiger partial charge on any atom is 0.337 e. The van der Waals surface area contributed by atoms with Crippen molar-refractivity contribution >= 4 is 17.5 Å². The fraction of sp³-hybridized carbons (Fsp3) is 0.333. The molecule has 1 aliphatic heterocycles. The Morgan fingerprint density at radius 2 is 2.08 bits per heavy atom. The number of rotatable bonds is 4. The summed E-state index contributed by atoms with van der Waals surface area (Å²) in [5.41, 5.74) is 2.49. The van der Waals surface area contributed by atoms with E-state index in [2.05, 4.69) is 15.6 Å². The summed E-state index contributed by atoms with van der Waals surface area (Å²) in [6, 6.07) is 9.44. The molecule has 2 aliphatic rings. The highest BCUT2D eigenvalue weighted by atomic mass is 16.5. The van der Waals surface area contributed by atoms with E-state index in [1.54, 1.807) is 18.3 Å². The number of hydrogen-bond acceptors (Lipinski definition) is 6. The molecule has 24 heavy (non-hydrogen) atoms. The fourth-order valence-electron chi connectivity index (χ4n) is 3.05. The Morgan fingerprint density at radius 3 is 2.79 bits per heavy atom. The Labute approximate surface area is 140 Å². The monoisotopic (exact) mass is 325 g/mol. The molecule has 0 saturated heterocycles. The van der Waals surface area contributed by atoms with Crippen LogP contribution < -0.4 is 15.4 Å². The second-order valence-electron chi connectivity index (χ2n) is 6.08. The average Bonchev–Trinajstić information content (AvgIpc) is 3.42. The highest BCUT2D eigenvalue weighted by Crippen LogP contribution is 2.49. The van der Waals surface area contributed by atoms with Gasteiger partial charge in [0.2, 0.25) is 0 Å². The van der Waals surface area contributed by atoms with E-state index in [0.717, 1.165) is 42.2 Å². The minimum Gasteiger partial charge on any atom is -0.489 e. The minimum atomic E-state index is -0.320. The molecule has 1 aromatic heterocycles. The van der Waals surface area contributed by atoms with Crippen LogP contribution in [0.15, 0.2) is 36.5 Å². The molecule has 4 rings (SSSR count). The van der Waals surface area contributed by atoms with E-state index in [1.807, 2.05) is 18.2 Å². The number of hydrogen-bond donors (Lipinski definition) is 2. The van der Waals surface area contributed by atoms with Crippen molar-refractivity contribution in [3.8, 4) is 5.75 Å². The molecule has 6 nitrogen and oxygen atoms in total. The minimum absolute atomic E-state index is 0.129. The topological polar surface area (TPSA) is 72.5 Å². The Balaban J connectivity index is 1.59. The van der Waals surface area contributed by atoms with Crippen molar-refractivity contribution in [2.24, 2.45) is 0 Å². The SMILES string of the molecule is COC(=O)c1ccc(C2(Nc3nccc4c3NCCO4)CC2)cc1. The maximum atomic E-state index is 11.6. The lowest BCUT2D eigenvalue weighted by atomic mass is 10.0. The first kappa shape index (κ1) is 14.8. The van der Waals surface area contributed by atoms with Gasteiger partial charge in [-0.15, -0.1) is 0 Å². The van der Waals surface area contributed by atoms with E-state index in [0.29, 0.717) is 12.2 Å². The van der Waals surface area contributed by atoms with Crippen LogP contribution in [0.4, 0.5) is 11.5 Å². The van der Waals surface area contributed by atoms with Crippen LogP contribution in [0.5, 0.6) is 5.75 Å². The summed E-state index contributed by atoms with van der Waals surface area (Å²) in [5.74, 6) is 1.32. The zero-order valence-electron chi connectivity index (χ0n) is 13.5. The maximum absolute atomic E-state index is 11.6. The number of anilines is 2. The average molecular weight is 325 g/mol. The van der Waals surface area contributed by atoms with Gasteiger partial charge in [-0.1, -0.05) is 12.1 Å². The standard InChI is InChI=1S/C18H19N3O3/c1-23-17(22)12-2-4-13(5-3-12)18(7-8-18)21-16-15-14(6-9-20-16)24-11-10-19-15/h2-6,9,19H,7-8,10-11H2,1H3,(H,20,21). The number of fused-ring (bicyclic) bond motifs is 1. The van der Waals surface area contributed by atoms with E-state index >= 15 is 0 Å². The zero-order valence-corrected chi connectivity index (χ0v) is 13.5. The number of esters is 1. The number of ether oxygens (including phenoxy) is 2. The van der Waals surface area contributed by atoms with Crippen molar-refractivity contribution in [2.75, 3.05) is 30.9 Å². The molecule has 2 heterocycles. The highest BCUT2D eigenvalue weighted by Gasteiger charge is 2.45. The number of carbonyl (C=O) groups excluding carboxylic acids is 1. The van der Waals surface area contributed by atoms with Crippen molar-refractivity contribution in [3.63, 3.8) is 0 Å². The molecule has 1 aromatic carbocycles. The molecule has 0 bridgehead atoms. The second-order valence-corrected chi connectivity index (χ2v) is 6.08. The zero-order chi connectivity index (χ0) is 16.6. The van der Waals surface area contributed by atoms with Crippen LogP contribution in [0.1, 0.15) is 28.8 Å². The molecular weight excluding hydrogens is 306 g/mol. The number of nitrogens with one attached hydrogen (secondary N) is 2. The Kier molecular flexibility index (Phi) is 3.52. The molecule has 0 atom stereocenters. The Bertz CT molecular complexity index is 770. The van der Waals surface area contributed by atoms with E-state index in [9.17, 15) is 4.79 Å². The first-order chi connectivity index (χ1) is 11.7. The Morgan fingerprint density at radius 1 is 1.29 bits per heavy atom. The summed E-state index contributed by atoms with van der Waals surface area (Å²) in [7, 11) is 1.39. The molecule has 1 saturated carbocycles. The van der Waals surface area contributed by atoms with Gasteiger partial charge in [-0.2, -0.15) is 0 Å². The molecule has 6 heteroatoms. The van der Waals surface area contributed by atoms with E-state index in [4.69, 9.17) is 9.47 Å². The van der Waals surface area contributed by atoms with Crippen LogP contribution >= 0.6 is 0 Å². The molecule has 124 valence electrons. The molecule has 0 amide bonds. The molecular formula is C18H19N3O3. The fourth-order valence-corrected chi connectivity index (χ4v) is 3.05. The summed E-state index contributed by atoms with van der Waals surface area (Å²) in [6.07, 6.45) is 3.80. The number of carbonyl (C=O) groups is 1.